The summed E-state index contributed by atoms with van der Waals surface area (Å²) < 4.78 is 0.894. The molecule has 0 unspecified atom stereocenters. The Balaban J connectivity index is 2.27. The number of pyridine rings is 1. The van der Waals surface area contributed by atoms with Crippen molar-refractivity contribution in [3.8, 4) is 0 Å². The smallest absolute Gasteiger partial charge is 0.0588 e. The average molecular weight is 227 g/mol. The first-order chi connectivity index (χ1) is 5.77. The van der Waals surface area contributed by atoms with Crippen LogP contribution in [0.1, 0.15) is 30.9 Å². The number of nitrogen functional groups attached to an aromatic ring is 1. The van der Waals surface area contributed by atoms with Crippen LogP contribution in [0.15, 0.2) is 16.7 Å². The summed E-state index contributed by atoms with van der Waals surface area (Å²) in [5, 5.41) is 0. The fraction of sp³-hybridized carbons (Fsp3) is 0.444. The topological polar surface area (TPSA) is 38.9 Å². The molecule has 1 aromatic heterocycles. The average Bonchev–Trinajstić information content (AvgIpc) is 1.93. The lowest BCUT2D eigenvalue weighted by molar-refractivity contribution is 0.411. The lowest BCUT2D eigenvalue weighted by atomic mass is 9.82. The van der Waals surface area contributed by atoms with Gasteiger partial charge in [-0.2, -0.15) is 0 Å². The zero-order valence-electron chi connectivity index (χ0n) is 6.76. The molecule has 2 rings (SSSR count). The van der Waals surface area contributed by atoms with Crippen molar-refractivity contribution in [1.29, 1.82) is 0 Å². The predicted molar refractivity (Wildman–Crippen MR) is 52.9 cm³/mol. The third kappa shape index (κ3) is 1.33. The Hall–Kier alpha value is -0.570. The molecule has 12 heavy (non-hydrogen) atoms. The van der Waals surface area contributed by atoms with Gasteiger partial charge >= 0.3 is 0 Å². The molecule has 3 heteroatoms. The van der Waals surface area contributed by atoms with Gasteiger partial charge in [-0.15, -0.1) is 0 Å². The zero-order chi connectivity index (χ0) is 8.55. The number of hydrogen-bond donors (Lipinski definition) is 1. The molecule has 0 atom stereocenters. The molecule has 0 spiro atoms. The minimum absolute atomic E-state index is 0.667. The molecular weight excluding hydrogens is 216 g/mol. The molecule has 0 radical (unpaired) electrons. The highest BCUT2D eigenvalue weighted by molar-refractivity contribution is 9.10. The summed E-state index contributed by atoms with van der Waals surface area (Å²) in [6.45, 7) is 0. The van der Waals surface area contributed by atoms with E-state index in [-0.39, 0.29) is 0 Å². The first-order valence-electron chi connectivity index (χ1n) is 4.18. The number of hydrogen-bond acceptors (Lipinski definition) is 2. The quantitative estimate of drug-likeness (QED) is 0.800. The van der Waals surface area contributed by atoms with Crippen molar-refractivity contribution in [2.24, 2.45) is 0 Å². The molecule has 0 amide bonds. The van der Waals surface area contributed by atoms with Crippen LogP contribution in [0.5, 0.6) is 0 Å². The third-order valence-corrected chi connectivity index (χ3v) is 3.09. The molecule has 0 aromatic carbocycles. The summed E-state index contributed by atoms with van der Waals surface area (Å²) in [5.74, 6) is 0.667. The van der Waals surface area contributed by atoms with Crippen LogP contribution in [-0.2, 0) is 0 Å². The van der Waals surface area contributed by atoms with Crippen LogP contribution in [0.3, 0.4) is 0 Å². The molecule has 1 aliphatic rings. The molecule has 0 aliphatic heterocycles. The lowest BCUT2D eigenvalue weighted by Gasteiger charge is -2.24. The number of halogens is 1. The first kappa shape index (κ1) is 8.05. The highest BCUT2D eigenvalue weighted by Gasteiger charge is 2.20. The Morgan fingerprint density at radius 3 is 2.75 bits per heavy atom. The van der Waals surface area contributed by atoms with Crippen LogP contribution in [0, 0.1) is 0 Å². The molecule has 1 fully saturated rings. The Labute approximate surface area is 80.3 Å². The van der Waals surface area contributed by atoms with Crippen LogP contribution >= 0.6 is 15.9 Å². The maximum Gasteiger partial charge on any atom is 0.0588 e. The van der Waals surface area contributed by atoms with E-state index in [0.29, 0.717) is 5.92 Å². The Morgan fingerprint density at radius 2 is 2.25 bits per heavy atom. The van der Waals surface area contributed by atoms with Crippen molar-refractivity contribution in [3.63, 3.8) is 0 Å². The van der Waals surface area contributed by atoms with Crippen molar-refractivity contribution < 1.29 is 0 Å². The summed E-state index contributed by atoms with van der Waals surface area (Å²) in [7, 11) is 0. The van der Waals surface area contributed by atoms with Crippen LogP contribution in [0.2, 0.25) is 0 Å². The van der Waals surface area contributed by atoms with Gasteiger partial charge in [0.2, 0.25) is 0 Å². The second-order valence-corrected chi connectivity index (χ2v) is 4.11. The van der Waals surface area contributed by atoms with Gasteiger partial charge in [0.1, 0.15) is 0 Å². The SMILES string of the molecule is Nc1cc(C2CCC2)ncc1Br. The number of aromatic nitrogens is 1. The normalized spacial score (nSPS) is 17.4. The van der Waals surface area contributed by atoms with Gasteiger partial charge < -0.3 is 5.73 Å². The number of rotatable bonds is 1. The first-order valence-corrected chi connectivity index (χ1v) is 4.97. The fourth-order valence-electron chi connectivity index (χ4n) is 1.40. The molecule has 0 saturated heterocycles. The highest BCUT2D eigenvalue weighted by Crippen LogP contribution is 2.36. The molecule has 0 bridgehead atoms. The van der Waals surface area contributed by atoms with E-state index >= 15 is 0 Å². The third-order valence-electron chi connectivity index (χ3n) is 2.43. The molecule has 2 N–H and O–H groups in total. The van der Waals surface area contributed by atoms with Crippen LogP contribution in [0.25, 0.3) is 0 Å². The predicted octanol–water partition coefficient (Wildman–Crippen LogP) is 2.69. The van der Waals surface area contributed by atoms with E-state index in [4.69, 9.17) is 5.73 Å². The van der Waals surface area contributed by atoms with Gasteiger partial charge in [0.25, 0.3) is 0 Å². The van der Waals surface area contributed by atoms with E-state index < -0.39 is 0 Å². The van der Waals surface area contributed by atoms with Gasteiger partial charge in [0.05, 0.1) is 4.47 Å². The summed E-state index contributed by atoms with van der Waals surface area (Å²) in [5.41, 5.74) is 7.70. The molecule has 2 nitrogen and oxygen atoms in total. The van der Waals surface area contributed by atoms with Gasteiger partial charge in [-0.3, -0.25) is 4.98 Å². The number of nitrogens with zero attached hydrogens (tertiary/aromatic N) is 1. The summed E-state index contributed by atoms with van der Waals surface area (Å²) in [4.78, 5) is 4.33. The van der Waals surface area contributed by atoms with Gasteiger partial charge in [0.15, 0.2) is 0 Å². The van der Waals surface area contributed by atoms with Crippen molar-refractivity contribution in [1.82, 2.24) is 4.98 Å². The molecule has 1 saturated carbocycles. The maximum atomic E-state index is 5.75. The van der Waals surface area contributed by atoms with Crippen molar-refractivity contribution in [2.45, 2.75) is 25.2 Å². The van der Waals surface area contributed by atoms with Crippen LogP contribution < -0.4 is 5.73 Å². The van der Waals surface area contributed by atoms with Gasteiger partial charge in [-0.1, -0.05) is 6.42 Å². The van der Waals surface area contributed by atoms with Crippen molar-refractivity contribution in [2.75, 3.05) is 5.73 Å². The molecule has 64 valence electrons. The molecule has 1 aliphatic carbocycles. The van der Waals surface area contributed by atoms with E-state index in [2.05, 4.69) is 20.9 Å². The lowest BCUT2D eigenvalue weighted by Crippen LogP contribution is -2.10. The summed E-state index contributed by atoms with van der Waals surface area (Å²) in [6.07, 6.45) is 5.67. The van der Waals surface area contributed by atoms with Gasteiger partial charge in [0, 0.05) is 23.5 Å². The van der Waals surface area contributed by atoms with Crippen LogP contribution in [0.4, 0.5) is 5.69 Å². The maximum absolute atomic E-state index is 5.75. The molecular formula is C9H11BrN2. The Morgan fingerprint density at radius 1 is 1.50 bits per heavy atom. The second-order valence-electron chi connectivity index (χ2n) is 3.26. The fourth-order valence-corrected chi connectivity index (χ4v) is 1.62. The second kappa shape index (κ2) is 3.05. The van der Waals surface area contributed by atoms with E-state index in [1.54, 1.807) is 6.20 Å². The highest BCUT2D eigenvalue weighted by atomic mass is 79.9. The molecule has 1 aromatic rings. The van der Waals surface area contributed by atoms with Crippen LogP contribution in [-0.4, -0.2) is 4.98 Å². The molecule has 1 heterocycles. The van der Waals surface area contributed by atoms with E-state index in [0.717, 1.165) is 15.9 Å². The van der Waals surface area contributed by atoms with E-state index in [1.807, 2.05) is 6.07 Å². The van der Waals surface area contributed by atoms with Crippen molar-refractivity contribution in [3.05, 3.63) is 22.4 Å². The largest absolute Gasteiger partial charge is 0.398 e. The standard InChI is InChI=1S/C9H11BrN2/c10-7-5-12-9(4-8(7)11)6-2-1-3-6/h4-6H,1-3H2,(H2,11,12). The Bertz CT molecular complexity index is 295. The monoisotopic (exact) mass is 226 g/mol. The number of nitrogens with two attached hydrogens (primary N) is 1. The minimum atomic E-state index is 0.667. The van der Waals surface area contributed by atoms with Gasteiger partial charge in [-0.25, -0.2) is 0 Å². The zero-order valence-corrected chi connectivity index (χ0v) is 8.34. The number of anilines is 1. The van der Waals surface area contributed by atoms with E-state index in [9.17, 15) is 0 Å². The minimum Gasteiger partial charge on any atom is -0.398 e. The van der Waals surface area contributed by atoms with Gasteiger partial charge in [-0.05, 0) is 34.8 Å². The summed E-state index contributed by atoms with van der Waals surface area (Å²) >= 11 is 3.33. The Kier molecular flexibility index (Phi) is 2.05. The van der Waals surface area contributed by atoms with E-state index in [1.165, 1.54) is 19.3 Å². The van der Waals surface area contributed by atoms with Crippen molar-refractivity contribution >= 4 is 21.6 Å². The summed E-state index contributed by atoms with van der Waals surface area (Å²) in [6, 6.07) is 1.98.